The molecule has 0 aliphatic carbocycles. The minimum absolute atomic E-state index is 0. The average Bonchev–Trinajstić information content (AvgIpc) is 3.27. The zero-order valence-corrected chi connectivity index (χ0v) is 18.0. The average molecular weight is 436 g/mol. The number of nitrogens with one attached hydrogen (secondary N) is 1. The first kappa shape index (κ1) is 21.6. The number of nitrogens with zero attached hydrogens (tertiary/aromatic N) is 6. The molecule has 1 N–H and O–H groups in total. The summed E-state index contributed by atoms with van der Waals surface area (Å²) in [6.07, 6.45) is 10.9. The van der Waals surface area contributed by atoms with E-state index >= 15 is 0 Å². The summed E-state index contributed by atoms with van der Waals surface area (Å²) in [6.45, 7) is 4.94. The molecule has 2 aliphatic heterocycles. The Morgan fingerprint density at radius 2 is 1.76 bits per heavy atom. The van der Waals surface area contributed by atoms with Crippen LogP contribution in [0.15, 0.2) is 36.8 Å². The van der Waals surface area contributed by atoms with E-state index in [-0.39, 0.29) is 24.8 Å². The normalized spacial score (nSPS) is 16.3. The summed E-state index contributed by atoms with van der Waals surface area (Å²) in [5.74, 6) is 1.94. The number of pyridine rings is 1. The Morgan fingerprint density at radius 1 is 0.931 bits per heavy atom. The predicted molar refractivity (Wildman–Crippen MR) is 119 cm³/mol. The van der Waals surface area contributed by atoms with Gasteiger partial charge in [0.25, 0.3) is 0 Å². The van der Waals surface area contributed by atoms with Crippen molar-refractivity contribution in [1.29, 1.82) is 0 Å². The van der Waals surface area contributed by atoms with Gasteiger partial charge in [-0.25, -0.2) is 9.97 Å². The van der Waals surface area contributed by atoms with Crippen molar-refractivity contribution in [2.45, 2.75) is 38.8 Å². The Hall–Kier alpha value is -2.09. The van der Waals surface area contributed by atoms with Gasteiger partial charge >= 0.3 is 0 Å². The van der Waals surface area contributed by atoms with Gasteiger partial charge in [0, 0.05) is 38.6 Å². The third-order valence-electron chi connectivity index (χ3n) is 5.48. The Morgan fingerprint density at radius 3 is 2.48 bits per heavy atom. The van der Waals surface area contributed by atoms with Crippen LogP contribution in [-0.2, 0) is 13.1 Å². The van der Waals surface area contributed by atoms with Crippen LogP contribution in [0.25, 0.3) is 17.2 Å². The van der Waals surface area contributed by atoms with Crippen molar-refractivity contribution >= 4 is 30.6 Å². The van der Waals surface area contributed by atoms with Gasteiger partial charge < -0.3 is 10.2 Å². The summed E-state index contributed by atoms with van der Waals surface area (Å²) < 4.78 is 4.15. The van der Waals surface area contributed by atoms with Gasteiger partial charge in [-0.1, -0.05) is 12.8 Å². The highest BCUT2D eigenvalue weighted by Gasteiger charge is 2.17. The van der Waals surface area contributed by atoms with Crippen molar-refractivity contribution in [3.8, 4) is 17.2 Å². The maximum Gasteiger partial charge on any atom is 0.165 e. The first-order chi connectivity index (χ1) is 13.4. The second-order valence-electron chi connectivity index (χ2n) is 7.32. The fraction of sp³-hybridized carbons (Fsp3) is 0.450. The second kappa shape index (κ2) is 9.61. The molecule has 7 nitrogen and oxygen atoms in total. The lowest BCUT2D eigenvalue weighted by Gasteiger charge is -2.21. The molecule has 156 valence electrons. The first-order valence-electron chi connectivity index (χ1n) is 9.91. The summed E-state index contributed by atoms with van der Waals surface area (Å²) >= 11 is 0. The Balaban J connectivity index is 0.00000120. The third-order valence-corrected chi connectivity index (χ3v) is 5.48. The first-order valence-corrected chi connectivity index (χ1v) is 9.91. The van der Waals surface area contributed by atoms with Gasteiger partial charge in [-0.2, -0.15) is 5.10 Å². The molecule has 0 radical (unpaired) electrons. The lowest BCUT2D eigenvalue weighted by Crippen LogP contribution is -2.28. The monoisotopic (exact) mass is 435 g/mol. The highest BCUT2D eigenvalue weighted by molar-refractivity contribution is 5.85. The topological polar surface area (TPSA) is 63.8 Å². The zero-order chi connectivity index (χ0) is 18.1. The van der Waals surface area contributed by atoms with Crippen molar-refractivity contribution < 1.29 is 0 Å². The van der Waals surface area contributed by atoms with Crippen molar-refractivity contribution in [2.24, 2.45) is 0 Å². The van der Waals surface area contributed by atoms with Gasteiger partial charge in [0.15, 0.2) is 5.82 Å². The fourth-order valence-electron chi connectivity index (χ4n) is 4.01. The molecule has 0 spiro atoms. The fourth-order valence-corrected chi connectivity index (χ4v) is 4.01. The summed E-state index contributed by atoms with van der Waals surface area (Å²) in [5, 5.41) is 8.13. The molecule has 0 atom stereocenters. The smallest absolute Gasteiger partial charge is 0.165 e. The molecule has 5 heterocycles. The van der Waals surface area contributed by atoms with Crippen molar-refractivity contribution in [2.75, 3.05) is 24.5 Å². The summed E-state index contributed by atoms with van der Waals surface area (Å²) in [6, 6.07) is 6.40. The molecular weight excluding hydrogens is 409 g/mol. The molecule has 0 amide bonds. The predicted octanol–water partition coefficient (Wildman–Crippen LogP) is 3.46. The lowest BCUT2D eigenvalue weighted by atomic mass is 10.2. The summed E-state index contributed by atoms with van der Waals surface area (Å²) in [7, 11) is 0. The molecule has 29 heavy (non-hydrogen) atoms. The molecule has 9 heteroatoms. The van der Waals surface area contributed by atoms with Crippen LogP contribution in [0.4, 0.5) is 5.82 Å². The van der Waals surface area contributed by atoms with Gasteiger partial charge in [-0.3, -0.25) is 9.25 Å². The Kier molecular flexibility index (Phi) is 7.16. The molecule has 5 rings (SSSR count). The van der Waals surface area contributed by atoms with Crippen molar-refractivity contribution in [3.63, 3.8) is 0 Å². The maximum atomic E-state index is 4.75. The van der Waals surface area contributed by atoms with E-state index < -0.39 is 0 Å². The highest BCUT2D eigenvalue weighted by atomic mass is 35.5. The van der Waals surface area contributed by atoms with Gasteiger partial charge in [0.2, 0.25) is 0 Å². The molecular formula is C20H27Cl2N7. The largest absolute Gasteiger partial charge is 0.357 e. The van der Waals surface area contributed by atoms with E-state index in [9.17, 15) is 0 Å². The molecule has 3 aromatic rings. The van der Waals surface area contributed by atoms with Crippen LogP contribution < -0.4 is 10.2 Å². The molecule has 0 aromatic carbocycles. The number of fused-ring (bicyclic) bond motifs is 1. The van der Waals surface area contributed by atoms with E-state index in [0.29, 0.717) is 0 Å². The number of hydrogen-bond acceptors (Lipinski definition) is 5. The molecule has 2 aliphatic rings. The van der Waals surface area contributed by atoms with E-state index in [1.54, 1.807) is 0 Å². The van der Waals surface area contributed by atoms with Crippen molar-refractivity contribution in [1.82, 2.24) is 29.6 Å². The van der Waals surface area contributed by atoms with Crippen LogP contribution in [0, 0.1) is 0 Å². The van der Waals surface area contributed by atoms with Crippen LogP contribution >= 0.6 is 24.8 Å². The number of aromatic nitrogens is 5. The van der Waals surface area contributed by atoms with Crippen molar-refractivity contribution in [3.05, 3.63) is 42.5 Å². The number of imidazole rings is 1. The quantitative estimate of drug-likeness (QED) is 0.682. The SMILES string of the molecule is Cl.Cl.c1cn(-c2ccc(N3CCCCCC3)nc2)c(-c2cc3n(n2)CCNC3)n1. The molecule has 0 unspecified atom stereocenters. The summed E-state index contributed by atoms with van der Waals surface area (Å²) in [4.78, 5) is 11.7. The third kappa shape index (κ3) is 4.42. The van der Waals surface area contributed by atoms with Crippen LogP contribution in [0.1, 0.15) is 31.4 Å². The van der Waals surface area contributed by atoms with Gasteiger partial charge in [0.1, 0.15) is 11.5 Å². The van der Waals surface area contributed by atoms with Gasteiger partial charge in [0.05, 0.1) is 24.1 Å². The van der Waals surface area contributed by atoms with E-state index in [1.807, 2.05) is 18.6 Å². The standard InChI is InChI=1S/C20H25N7.2ClH/c1-2-4-10-25(9-3-1)19-6-5-16(15-23-19)26-11-8-22-20(26)18-13-17-14-21-7-12-27(17)24-18;;/h5-6,8,11,13,15,21H,1-4,7,9-10,12,14H2;2*1H. The molecule has 0 saturated carbocycles. The Labute approximate surface area is 183 Å². The van der Waals surface area contributed by atoms with Crippen LogP contribution in [0.5, 0.6) is 0 Å². The zero-order valence-electron chi connectivity index (χ0n) is 16.3. The van der Waals surface area contributed by atoms with E-state index in [1.165, 1.54) is 31.4 Å². The minimum atomic E-state index is 0. The number of halogens is 2. The van der Waals surface area contributed by atoms with Crippen LogP contribution in [0.3, 0.4) is 0 Å². The molecule has 0 bridgehead atoms. The van der Waals surface area contributed by atoms with E-state index in [4.69, 9.17) is 10.1 Å². The molecule has 1 saturated heterocycles. The molecule has 1 fully saturated rings. The van der Waals surface area contributed by atoms with Crippen LogP contribution in [-0.4, -0.2) is 43.9 Å². The number of anilines is 1. The van der Waals surface area contributed by atoms with Gasteiger partial charge in [-0.15, -0.1) is 24.8 Å². The number of hydrogen-bond donors (Lipinski definition) is 1. The lowest BCUT2D eigenvalue weighted by molar-refractivity contribution is 0.476. The molecule has 3 aromatic heterocycles. The van der Waals surface area contributed by atoms with Crippen LogP contribution in [0.2, 0.25) is 0 Å². The van der Waals surface area contributed by atoms with E-state index in [0.717, 1.165) is 55.7 Å². The van der Waals surface area contributed by atoms with Gasteiger partial charge in [-0.05, 0) is 31.0 Å². The Bertz CT molecular complexity index is 888. The highest BCUT2D eigenvalue weighted by Crippen LogP contribution is 2.24. The maximum absolute atomic E-state index is 4.75. The summed E-state index contributed by atoms with van der Waals surface area (Å²) in [5.41, 5.74) is 3.14. The van der Waals surface area contributed by atoms with E-state index in [2.05, 4.69) is 42.6 Å². The second-order valence-corrected chi connectivity index (χ2v) is 7.32. The number of rotatable bonds is 3. The minimum Gasteiger partial charge on any atom is -0.357 e.